The largest absolute Gasteiger partial charge is 0.343 e. The predicted molar refractivity (Wildman–Crippen MR) is 149 cm³/mol. The molecule has 0 bridgehead atoms. The maximum Gasteiger partial charge on any atom is 0.245 e. The number of pyridine rings is 1. The summed E-state index contributed by atoms with van der Waals surface area (Å²) in [5, 5.41) is 11.8. The van der Waals surface area contributed by atoms with Gasteiger partial charge in [0.15, 0.2) is 0 Å². The van der Waals surface area contributed by atoms with Crippen molar-refractivity contribution in [3.8, 4) is 0 Å². The van der Waals surface area contributed by atoms with Gasteiger partial charge in [0.2, 0.25) is 23.7 Å². The average Bonchev–Trinajstić information content (AvgIpc) is 3.04. The van der Waals surface area contributed by atoms with E-state index in [4.69, 9.17) is 11.6 Å². The number of fused-ring (bicyclic) bond motifs is 2. The summed E-state index contributed by atoms with van der Waals surface area (Å²) in [4.78, 5) is 28.7. The van der Waals surface area contributed by atoms with Crippen LogP contribution in [0.15, 0.2) is 33.3 Å². The van der Waals surface area contributed by atoms with E-state index >= 15 is 0 Å². The van der Waals surface area contributed by atoms with Gasteiger partial charge in [-0.25, -0.2) is 0 Å². The zero-order valence-electron chi connectivity index (χ0n) is 21.1. The molecule has 1 N–H and O–H groups in total. The Morgan fingerprint density at radius 1 is 1.05 bits per heavy atom. The monoisotopic (exact) mass is 652 g/mol. The van der Waals surface area contributed by atoms with Crippen molar-refractivity contribution in [1.29, 1.82) is 0 Å². The van der Waals surface area contributed by atoms with Gasteiger partial charge in [0.1, 0.15) is 0 Å². The summed E-state index contributed by atoms with van der Waals surface area (Å²) in [6, 6.07) is 6.18. The van der Waals surface area contributed by atoms with Crippen molar-refractivity contribution in [2.24, 2.45) is 11.8 Å². The maximum absolute atomic E-state index is 13.2. The fourth-order valence-corrected chi connectivity index (χ4v) is 7.71. The molecule has 9 heteroatoms. The van der Waals surface area contributed by atoms with E-state index in [0.717, 1.165) is 84.9 Å². The van der Waals surface area contributed by atoms with Crippen molar-refractivity contribution >= 4 is 55.3 Å². The molecule has 5 rings (SSSR count). The number of likely N-dealkylation sites (tertiary alicyclic amines) is 2. The quantitative estimate of drug-likeness (QED) is 0.351. The van der Waals surface area contributed by atoms with Crippen LogP contribution in [0.25, 0.3) is 0 Å². The highest BCUT2D eigenvalue weighted by atomic mass is 79.9. The van der Waals surface area contributed by atoms with Crippen molar-refractivity contribution in [1.82, 2.24) is 9.80 Å². The average molecular weight is 655 g/mol. The van der Waals surface area contributed by atoms with Gasteiger partial charge >= 0.3 is 0 Å². The number of rotatable bonds is 3. The predicted octanol–water partition coefficient (Wildman–Crippen LogP) is 5.51. The molecule has 1 aliphatic carbocycles. The highest BCUT2D eigenvalue weighted by molar-refractivity contribution is 9.10. The first kappa shape index (κ1) is 26.9. The number of hydrogen-bond donors (Lipinski definition) is 1. The van der Waals surface area contributed by atoms with E-state index in [1.165, 1.54) is 15.9 Å². The van der Waals surface area contributed by atoms with Crippen LogP contribution in [0, 0.1) is 11.8 Å². The van der Waals surface area contributed by atoms with Crippen LogP contribution >= 0.6 is 43.5 Å². The number of carbonyl (C=O) groups excluding carboxylic acids is 2. The Morgan fingerprint density at radius 3 is 2.41 bits per heavy atom. The normalized spacial score (nSPS) is 20.8. The summed E-state index contributed by atoms with van der Waals surface area (Å²) in [5.41, 5.74) is 4.50. The molecule has 0 radical (unpaired) electrons. The Morgan fingerprint density at radius 2 is 1.73 bits per heavy atom. The molecule has 2 aromatic rings. The van der Waals surface area contributed by atoms with E-state index in [0.29, 0.717) is 23.3 Å². The van der Waals surface area contributed by atoms with Crippen LogP contribution in [0.2, 0.25) is 5.02 Å². The van der Waals surface area contributed by atoms with Gasteiger partial charge in [0.25, 0.3) is 0 Å². The number of piperidine rings is 2. The molecular weight excluding hydrogens is 622 g/mol. The van der Waals surface area contributed by atoms with Crippen LogP contribution < -0.4 is 4.73 Å². The Balaban J connectivity index is 1.33. The number of hydrogen-bond acceptors (Lipinski definition) is 3. The Kier molecular flexibility index (Phi) is 8.18. The molecule has 0 saturated carbocycles. The molecule has 1 aromatic heterocycles. The van der Waals surface area contributed by atoms with Crippen LogP contribution in [0.1, 0.15) is 67.3 Å². The van der Waals surface area contributed by atoms with E-state index < -0.39 is 0 Å². The lowest BCUT2D eigenvalue weighted by Gasteiger charge is -2.37. The summed E-state index contributed by atoms with van der Waals surface area (Å²) >= 11 is 13.8. The number of halogens is 3. The SMILES string of the molecule is CC(=O)N1CCC(CC(=O)N2CCC(C3c4ccc(Cl)c(Br)c4CCc4cc(Br)c[n+](O)c43)CC2)CC1. The molecule has 198 valence electrons. The molecule has 3 aliphatic rings. The van der Waals surface area contributed by atoms with E-state index in [1.807, 2.05) is 15.9 Å². The molecule has 2 saturated heterocycles. The molecule has 1 unspecified atom stereocenters. The fourth-order valence-electron chi connectivity index (χ4n) is 6.50. The van der Waals surface area contributed by atoms with Crippen molar-refractivity contribution in [3.05, 3.63) is 60.7 Å². The minimum absolute atomic E-state index is 0.0207. The molecule has 2 aliphatic heterocycles. The summed E-state index contributed by atoms with van der Waals surface area (Å²) in [6.07, 6.45) is 7.53. The highest BCUT2D eigenvalue weighted by Gasteiger charge is 2.41. The maximum atomic E-state index is 13.2. The Hall–Kier alpha value is -1.64. The number of aromatic nitrogens is 1. The van der Waals surface area contributed by atoms with Crippen LogP contribution in [0.5, 0.6) is 0 Å². The molecule has 3 heterocycles. The van der Waals surface area contributed by atoms with Crippen molar-refractivity contribution in [3.63, 3.8) is 0 Å². The van der Waals surface area contributed by atoms with E-state index in [9.17, 15) is 14.8 Å². The zero-order valence-corrected chi connectivity index (χ0v) is 25.0. The second kappa shape index (κ2) is 11.2. The molecular formula is C28H33Br2ClN3O3+. The molecule has 37 heavy (non-hydrogen) atoms. The third kappa shape index (κ3) is 5.57. The van der Waals surface area contributed by atoms with Gasteiger partial charge in [-0.2, -0.15) is 0 Å². The van der Waals surface area contributed by atoms with Gasteiger partial charge < -0.3 is 9.80 Å². The number of amides is 2. The third-order valence-corrected chi connectivity index (χ3v) is 10.4. The lowest BCUT2D eigenvalue weighted by molar-refractivity contribution is -0.911. The molecule has 6 nitrogen and oxygen atoms in total. The first-order chi connectivity index (χ1) is 17.7. The lowest BCUT2D eigenvalue weighted by atomic mass is 9.76. The lowest BCUT2D eigenvalue weighted by Crippen LogP contribution is -2.44. The first-order valence-electron chi connectivity index (χ1n) is 13.2. The summed E-state index contributed by atoms with van der Waals surface area (Å²) in [6.45, 7) is 4.59. The van der Waals surface area contributed by atoms with Gasteiger partial charge in [0.05, 0.1) is 15.4 Å². The van der Waals surface area contributed by atoms with Crippen LogP contribution in [0.4, 0.5) is 0 Å². The van der Waals surface area contributed by atoms with Crippen LogP contribution in [0.3, 0.4) is 0 Å². The van der Waals surface area contributed by atoms with Gasteiger partial charge in [-0.1, -0.05) is 17.7 Å². The van der Waals surface area contributed by atoms with E-state index in [1.54, 1.807) is 13.1 Å². The molecule has 1 aromatic carbocycles. The van der Waals surface area contributed by atoms with Gasteiger partial charge in [-0.05, 0) is 105 Å². The molecule has 2 fully saturated rings. The molecule has 0 spiro atoms. The molecule has 1 atom stereocenters. The zero-order chi connectivity index (χ0) is 26.3. The van der Waals surface area contributed by atoms with Crippen molar-refractivity contribution < 1.29 is 19.5 Å². The fraction of sp³-hybridized carbons (Fsp3) is 0.536. The van der Waals surface area contributed by atoms with Gasteiger partial charge in [0, 0.05) is 54.3 Å². The van der Waals surface area contributed by atoms with Crippen molar-refractivity contribution in [2.45, 2.75) is 57.8 Å². The second-order valence-electron chi connectivity index (χ2n) is 10.7. The molecule has 2 amide bonds. The van der Waals surface area contributed by atoms with Gasteiger partial charge in [-0.15, -0.1) is 0 Å². The second-order valence-corrected chi connectivity index (χ2v) is 12.8. The number of carbonyl (C=O) groups is 2. The summed E-state index contributed by atoms with van der Waals surface area (Å²) < 4.78 is 3.09. The smallest absolute Gasteiger partial charge is 0.245 e. The Labute approximate surface area is 240 Å². The summed E-state index contributed by atoms with van der Waals surface area (Å²) in [7, 11) is 0. The number of aryl methyl sites for hydroxylation is 1. The van der Waals surface area contributed by atoms with Crippen molar-refractivity contribution in [2.75, 3.05) is 26.2 Å². The Bertz CT molecular complexity index is 1210. The minimum Gasteiger partial charge on any atom is -0.343 e. The summed E-state index contributed by atoms with van der Waals surface area (Å²) in [5.74, 6) is 1.03. The standard InChI is InChI=1S/C28H33Br2ClN3O3/c1-17(35)32-10-6-18(7-11-32)14-25(36)33-12-8-19(9-13-33)26-22-4-5-24(31)27(30)23(22)3-2-20-15-21(29)16-34(37)28(20)26/h4-5,15-16,18-19,26,37H,2-3,6-14H2,1H3/q+1. The first-order valence-corrected chi connectivity index (χ1v) is 15.1. The topological polar surface area (TPSA) is 64.7 Å². The minimum atomic E-state index is 0.0207. The number of nitrogens with zero attached hydrogens (tertiary/aromatic N) is 3. The highest BCUT2D eigenvalue weighted by Crippen LogP contribution is 2.45. The van der Waals surface area contributed by atoms with Crippen LogP contribution in [-0.2, 0) is 22.4 Å². The number of benzene rings is 1. The van der Waals surface area contributed by atoms with E-state index in [-0.39, 0.29) is 17.7 Å². The van der Waals surface area contributed by atoms with E-state index in [2.05, 4.69) is 44.0 Å². The van der Waals surface area contributed by atoms with Gasteiger partial charge in [-0.3, -0.25) is 14.8 Å². The van der Waals surface area contributed by atoms with Crippen LogP contribution in [-0.4, -0.2) is 53.0 Å². The third-order valence-electron chi connectivity index (χ3n) is 8.53.